The molecule has 1 aromatic heterocycles. The van der Waals surface area contributed by atoms with Crippen molar-refractivity contribution in [1.29, 1.82) is 0 Å². The summed E-state index contributed by atoms with van der Waals surface area (Å²) in [4.78, 5) is 13.2. The van der Waals surface area contributed by atoms with Crippen molar-refractivity contribution in [3.63, 3.8) is 0 Å². The number of fused-ring (bicyclic) bond motifs is 1. The maximum Gasteiger partial charge on any atom is 0.166 e. The Kier molecular flexibility index (Phi) is 2.59. The maximum atomic E-state index is 11.8. The first-order valence-electron chi connectivity index (χ1n) is 5.17. The summed E-state index contributed by atoms with van der Waals surface area (Å²) < 4.78 is 0. The normalized spacial score (nSPS) is 14.4. The summed E-state index contributed by atoms with van der Waals surface area (Å²) in [6.45, 7) is 2.03. The van der Waals surface area contributed by atoms with Crippen LogP contribution in [0.15, 0.2) is 0 Å². The molecule has 1 heterocycles. The van der Waals surface area contributed by atoms with E-state index >= 15 is 0 Å². The van der Waals surface area contributed by atoms with E-state index in [1.807, 2.05) is 6.92 Å². The smallest absolute Gasteiger partial charge is 0.166 e. The lowest BCUT2D eigenvalue weighted by Crippen LogP contribution is -2.03. The second-order valence-corrected chi connectivity index (χ2v) is 4.91. The van der Waals surface area contributed by atoms with Gasteiger partial charge in [0.1, 0.15) is 0 Å². The molecule has 0 saturated heterocycles. The molecule has 0 amide bonds. The number of aryl methyl sites for hydroxylation is 1. The molecule has 0 atom stereocenters. The Balaban J connectivity index is 2.37. The van der Waals surface area contributed by atoms with Gasteiger partial charge in [-0.1, -0.05) is 6.92 Å². The van der Waals surface area contributed by atoms with Gasteiger partial charge in [0, 0.05) is 11.3 Å². The second kappa shape index (κ2) is 3.73. The van der Waals surface area contributed by atoms with Crippen LogP contribution in [0, 0.1) is 0 Å². The van der Waals surface area contributed by atoms with Crippen molar-refractivity contribution in [2.45, 2.75) is 39.0 Å². The van der Waals surface area contributed by atoms with E-state index in [4.69, 9.17) is 5.73 Å². The molecular formula is C11H15NOS. The molecule has 0 aliphatic heterocycles. The fraction of sp³-hybridized carbons (Fsp3) is 0.545. The zero-order chi connectivity index (χ0) is 10.1. The predicted molar refractivity (Wildman–Crippen MR) is 60.0 cm³/mol. The molecule has 0 fully saturated rings. The summed E-state index contributed by atoms with van der Waals surface area (Å²) >= 11 is 1.61. The van der Waals surface area contributed by atoms with Gasteiger partial charge in [0.05, 0.1) is 10.6 Å². The van der Waals surface area contributed by atoms with Gasteiger partial charge in [0.25, 0.3) is 0 Å². The van der Waals surface area contributed by atoms with E-state index in [9.17, 15) is 4.79 Å². The summed E-state index contributed by atoms with van der Waals surface area (Å²) in [5, 5.41) is 0.744. The van der Waals surface area contributed by atoms with Crippen molar-refractivity contribution in [3.8, 4) is 0 Å². The number of carbonyl (C=O) groups is 1. The summed E-state index contributed by atoms with van der Waals surface area (Å²) in [6, 6.07) is 0. The minimum atomic E-state index is 0.240. The van der Waals surface area contributed by atoms with Crippen LogP contribution in [0.3, 0.4) is 0 Å². The zero-order valence-corrected chi connectivity index (χ0v) is 9.25. The highest BCUT2D eigenvalue weighted by Crippen LogP contribution is 2.37. The Morgan fingerprint density at radius 3 is 3.00 bits per heavy atom. The lowest BCUT2D eigenvalue weighted by molar-refractivity contribution is 0.0982. The van der Waals surface area contributed by atoms with Gasteiger partial charge >= 0.3 is 0 Å². The Hall–Kier alpha value is -0.830. The Bertz CT molecular complexity index is 368. The quantitative estimate of drug-likeness (QED) is 0.778. The van der Waals surface area contributed by atoms with Gasteiger partial charge in [-0.05, 0) is 31.2 Å². The molecule has 0 bridgehead atoms. The number of hydrogen-bond acceptors (Lipinski definition) is 3. The summed E-state index contributed by atoms with van der Waals surface area (Å²) in [7, 11) is 0. The van der Waals surface area contributed by atoms with Gasteiger partial charge in [0.15, 0.2) is 5.78 Å². The third-order valence-corrected chi connectivity index (χ3v) is 3.83. The van der Waals surface area contributed by atoms with E-state index in [-0.39, 0.29) is 5.78 Å². The second-order valence-electron chi connectivity index (χ2n) is 3.77. The molecule has 0 radical (unpaired) electrons. The Labute approximate surface area is 88.1 Å². The van der Waals surface area contributed by atoms with Crippen LogP contribution in [0.1, 0.15) is 47.0 Å². The largest absolute Gasteiger partial charge is 0.390 e. The van der Waals surface area contributed by atoms with Crippen molar-refractivity contribution in [3.05, 3.63) is 16.0 Å². The van der Waals surface area contributed by atoms with Crippen LogP contribution < -0.4 is 5.73 Å². The highest BCUT2D eigenvalue weighted by Gasteiger charge is 2.24. The minimum Gasteiger partial charge on any atom is -0.390 e. The molecule has 1 aliphatic carbocycles. The summed E-state index contributed by atoms with van der Waals surface area (Å²) in [6.07, 6.45) is 4.89. The van der Waals surface area contributed by atoms with Crippen molar-refractivity contribution in [1.82, 2.24) is 0 Å². The number of nitrogen functional groups attached to an aromatic ring is 1. The topological polar surface area (TPSA) is 43.1 Å². The number of nitrogens with two attached hydrogens (primary N) is 1. The first kappa shape index (κ1) is 9.71. The van der Waals surface area contributed by atoms with Crippen molar-refractivity contribution in [2.24, 2.45) is 0 Å². The zero-order valence-electron chi connectivity index (χ0n) is 8.43. The molecule has 0 unspecified atom stereocenters. The van der Waals surface area contributed by atoms with Crippen molar-refractivity contribution >= 4 is 22.1 Å². The maximum absolute atomic E-state index is 11.8. The van der Waals surface area contributed by atoms with Gasteiger partial charge < -0.3 is 5.73 Å². The van der Waals surface area contributed by atoms with E-state index in [2.05, 4.69) is 0 Å². The molecule has 3 heteroatoms. The first-order chi connectivity index (χ1) is 6.74. The molecule has 0 saturated carbocycles. The molecular weight excluding hydrogens is 194 g/mol. The molecule has 0 spiro atoms. The molecule has 1 aliphatic rings. The number of carbonyl (C=O) groups excluding carboxylic acids is 1. The van der Waals surface area contributed by atoms with Gasteiger partial charge in [-0.15, -0.1) is 11.3 Å². The number of Topliss-reactive ketones (excluding diaryl/α,β-unsaturated/α-hetero) is 1. The lowest BCUT2D eigenvalue weighted by atomic mass is 10.0. The number of hydrogen-bond donors (Lipinski definition) is 1. The first-order valence-corrected chi connectivity index (χ1v) is 5.99. The lowest BCUT2D eigenvalue weighted by Gasteiger charge is -2.00. The number of thiophene rings is 1. The van der Waals surface area contributed by atoms with E-state index in [1.165, 1.54) is 16.9 Å². The molecule has 1 aromatic rings. The average Bonchev–Trinajstić information content (AvgIpc) is 2.63. The van der Waals surface area contributed by atoms with E-state index < -0.39 is 0 Å². The van der Waals surface area contributed by atoms with Crippen LogP contribution >= 0.6 is 11.3 Å². The third-order valence-electron chi connectivity index (χ3n) is 2.70. The highest BCUT2D eigenvalue weighted by atomic mass is 32.1. The molecule has 2 nitrogen and oxygen atoms in total. The molecule has 2 rings (SSSR count). The van der Waals surface area contributed by atoms with Crippen molar-refractivity contribution in [2.75, 3.05) is 5.73 Å². The SMILES string of the molecule is CCCC(=O)c1c(N)sc2c1CCC2. The van der Waals surface area contributed by atoms with Gasteiger partial charge in [-0.25, -0.2) is 0 Å². The standard InChI is InChI=1S/C11H15NOS/c1-2-4-8(13)10-7-5-3-6-9(7)14-11(10)12/h2-6,12H2,1H3. The Morgan fingerprint density at radius 1 is 1.50 bits per heavy atom. The van der Waals surface area contributed by atoms with Crippen molar-refractivity contribution < 1.29 is 4.79 Å². The van der Waals surface area contributed by atoms with Crippen LogP contribution in [-0.2, 0) is 12.8 Å². The highest BCUT2D eigenvalue weighted by molar-refractivity contribution is 7.16. The average molecular weight is 209 g/mol. The molecule has 76 valence electrons. The van der Waals surface area contributed by atoms with Crippen LogP contribution in [-0.4, -0.2) is 5.78 Å². The van der Waals surface area contributed by atoms with Gasteiger partial charge in [-0.3, -0.25) is 4.79 Å². The number of anilines is 1. The fourth-order valence-corrected chi connectivity index (χ4v) is 3.26. The summed E-state index contributed by atoms with van der Waals surface area (Å²) in [5.41, 5.74) is 7.99. The number of rotatable bonds is 3. The summed E-state index contributed by atoms with van der Waals surface area (Å²) in [5.74, 6) is 0.240. The minimum absolute atomic E-state index is 0.240. The number of ketones is 1. The molecule has 2 N–H and O–H groups in total. The van der Waals surface area contributed by atoms with E-state index in [1.54, 1.807) is 11.3 Å². The fourth-order valence-electron chi connectivity index (χ4n) is 2.08. The van der Waals surface area contributed by atoms with Crippen LogP contribution in [0.4, 0.5) is 5.00 Å². The van der Waals surface area contributed by atoms with Crippen LogP contribution in [0.25, 0.3) is 0 Å². The predicted octanol–water partition coefficient (Wildman–Crippen LogP) is 2.80. The monoisotopic (exact) mass is 209 g/mol. The molecule has 0 aromatic carbocycles. The van der Waals surface area contributed by atoms with Crippen LogP contribution in [0.5, 0.6) is 0 Å². The Morgan fingerprint density at radius 2 is 2.29 bits per heavy atom. The molecule has 14 heavy (non-hydrogen) atoms. The van der Waals surface area contributed by atoms with Gasteiger partial charge in [0.2, 0.25) is 0 Å². The van der Waals surface area contributed by atoms with Crippen LogP contribution in [0.2, 0.25) is 0 Å². The van der Waals surface area contributed by atoms with E-state index in [0.717, 1.165) is 29.8 Å². The van der Waals surface area contributed by atoms with E-state index in [0.29, 0.717) is 6.42 Å². The van der Waals surface area contributed by atoms with Gasteiger partial charge in [-0.2, -0.15) is 0 Å². The third kappa shape index (κ3) is 1.46.